The van der Waals surface area contributed by atoms with Crippen LogP contribution in [0.25, 0.3) is 6.08 Å². The Morgan fingerprint density at radius 1 is 0.909 bits per heavy atom. The van der Waals surface area contributed by atoms with Gasteiger partial charge in [0, 0.05) is 0 Å². The Balaban J connectivity index is 1.51. The molecule has 0 bridgehead atoms. The molecule has 3 aromatic rings. The standard InChI is InChI=1S/C26H21N3O3Se/c1-14-18-8-4-5-10-21(18)29-22-15(7-6-9-19(14)22)11-16-12-17(33-25(16)29)13-20-23(30)27(2)26(32)28(3)24(20)31/h4-10,12-14H,11H2,1-3H3. The molecule has 1 atom stereocenters. The van der Waals surface area contributed by atoms with Crippen LogP contribution in [-0.2, 0) is 16.0 Å². The van der Waals surface area contributed by atoms with Crippen molar-refractivity contribution in [1.29, 1.82) is 0 Å². The van der Waals surface area contributed by atoms with Crippen molar-refractivity contribution in [1.82, 2.24) is 9.80 Å². The minimum atomic E-state index is -0.604. The van der Waals surface area contributed by atoms with Crippen LogP contribution in [0, 0.1) is 0 Å². The number of carbonyl (C=O) groups excluding carboxylic acids is 3. The number of benzene rings is 2. The Labute approximate surface area is 197 Å². The van der Waals surface area contributed by atoms with Crippen LogP contribution in [0.2, 0.25) is 0 Å². The zero-order chi connectivity index (χ0) is 23.0. The molecule has 164 valence electrons. The number of rotatable bonds is 1. The van der Waals surface area contributed by atoms with Gasteiger partial charge in [-0.15, -0.1) is 0 Å². The number of urea groups is 1. The van der Waals surface area contributed by atoms with Crippen molar-refractivity contribution >= 4 is 54.4 Å². The number of carbonyl (C=O) groups is 3. The number of para-hydroxylation sites is 2. The summed E-state index contributed by atoms with van der Waals surface area (Å²) in [7, 11) is 2.81. The predicted octanol–water partition coefficient (Wildman–Crippen LogP) is 4.02. The Bertz CT molecular complexity index is 1390. The fourth-order valence-electron chi connectivity index (χ4n) is 5.08. The normalized spacial score (nSPS) is 18.9. The first-order valence-corrected chi connectivity index (χ1v) is 12.5. The van der Waals surface area contributed by atoms with Crippen LogP contribution in [0.4, 0.5) is 20.7 Å². The number of barbiturate groups is 1. The van der Waals surface area contributed by atoms with Gasteiger partial charge >= 0.3 is 198 Å². The molecule has 0 aliphatic carbocycles. The number of imide groups is 2. The molecule has 4 amide bonds. The van der Waals surface area contributed by atoms with Gasteiger partial charge in [0.1, 0.15) is 0 Å². The maximum absolute atomic E-state index is 12.7. The summed E-state index contributed by atoms with van der Waals surface area (Å²) in [6, 6.07) is 16.6. The Hall–Kier alpha value is -3.41. The number of nitrogens with zero attached hydrogens (tertiary/aromatic N) is 3. The van der Waals surface area contributed by atoms with Crippen LogP contribution in [0.5, 0.6) is 0 Å². The summed E-state index contributed by atoms with van der Waals surface area (Å²) in [6.45, 7) is 2.26. The third kappa shape index (κ3) is 2.76. The number of hydrogen-bond acceptors (Lipinski definition) is 4. The van der Waals surface area contributed by atoms with Gasteiger partial charge in [0.05, 0.1) is 0 Å². The third-order valence-electron chi connectivity index (χ3n) is 6.81. The van der Waals surface area contributed by atoms with Crippen molar-refractivity contribution in [2.45, 2.75) is 19.3 Å². The number of amides is 4. The van der Waals surface area contributed by atoms with E-state index in [2.05, 4.69) is 60.4 Å². The fraction of sp³-hybridized carbons (Fsp3) is 0.192. The number of hydrogen-bond donors (Lipinski definition) is 0. The molecular weight excluding hydrogens is 481 g/mol. The van der Waals surface area contributed by atoms with Gasteiger partial charge < -0.3 is 0 Å². The second-order valence-corrected chi connectivity index (χ2v) is 10.9. The monoisotopic (exact) mass is 503 g/mol. The average molecular weight is 502 g/mol. The molecule has 3 aliphatic rings. The van der Waals surface area contributed by atoms with E-state index in [1.807, 2.05) is 0 Å². The van der Waals surface area contributed by atoms with Crippen LogP contribution >= 0.6 is 0 Å². The van der Waals surface area contributed by atoms with Gasteiger partial charge in [-0.25, -0.2) is 0 Å². The predicted molar refractivity (Wildman–Crippen MR) is 127 cm³/mol. The third-order valence-corrected chi connectivity index (χ3v) is 9.13. The van der Waals surface area contributed by atoms with E-state index in [0.29, 0.717) is 5.92 Å². The molecule has 7 heteroatoms. The summed E-state index contributed by atoms with van der Waals surface area (Å²) in [5, 5.41) is 0. The van der Waals surface area contributed by atoms with E-state index in [1.54, 1.807) is 6.08 Å². The summed E-state index contributed by atoms with van der Waals surface area (Å²) in [5.74, 6) is -0.779. The van der Waals surface area contributed by atoms with Crippen molar-refractivity contribution in [3.05, 3.63) is 80.8 Å². The molecule has 2 aromatic carbocycles. The van der Waals surface area contributed by atoms with Crippen LogP contribution in [0.1, 0.15) is 39.5 Å². The molecule has 33 heavy (non-hydrogen) atoms. The van der Waals surface area contributed by atoms with Gasteiger partial charge in [0.2, 0.25) is 0 Å². The van der Waals surface area contributed by atoms with Crippen molar-refractivity contribution in [2.24, 2.45) is 0 Å². The van der Waals surface area contributed by atoms with E-state index in [9.17, 15) is 14.4 Å². The molecule has 0 radical (unpaired) electrons. The van der Waals surface area contributed by atoms with Crippen LogP contribution in [0.15, 0.2) is 54.1 Å². The summed E-state index contributed by atoms with van der Waals surface area (Å²) < 4.78 is 2.22. The van der Waals surface area contributed by atoms with Gasteiger partial charge in [-0.05, 0) is 0 Å². The second kappa shape index (κ2) is 7.04. The number of anilines is 3. The molecule has 4 heterocycles. The Morgan fingerprint density at radius 3 is 2.36 bits per heavy atom. The topological polar surface area (TPSA) is 60.9 Å². The van der Waals surface area contributed by atoms with Gasteiger partial charge in [-0.2, -0.15) is 0 Å². The van der Waals surface area contributed by atoms with Crippen molar-refractivity contribution in [3.8, 4) is 0 Å². The molecule has 6 nitrogen and oxygen atoms in total. The first kappa shape index (κ1) is 20.2. The molecule has 0 spiro atoms. The van der Waals surface area contributed by atoms with Crippen molar-refractivity contribution in [2.75, 3.05) is 19.0 Å². The minimum absolute atomic E-state index is 0.0402. The first-order valence-electron chi connectivity index (χ1n) is 10.8. The van der Waals surface area contributed by atoms with Crippen LogP contribution in [-0.4, -0.2) is 56.2 Å². The van der Waals surface area contributed by atoms with Gasteiger partial charge in [0.15, 0.2) is 0 Å². The van der Waals surface area contributed by atoms with E-state index < -0.39 is 17.8 Å². The quantitative estimate of drug-likeness (QED) is 0.224. The van der Waals surface area contributed by atoms with E-state index in [1.165, 1.54) is 52.3 Å². The molecule has 1 saturated heterocycles. The zero-order valence-electron chi connectivity index (χ0n) is 18.5. The summed E-state index contributed by atoms with van der Waals surface area (Å²) >= 11 is -0.0833. The van der Waals surface area contributed by atoms with Crippen molar-refractivity contribution in [3.63, 3.8) is 0 Å². The molecule has 1 aromatic heterocycles. The van der Waals surface area contributed by atoms with Gasteiger partial charge in [-0.3, -0.25) is 0 Å². The van der Waals surface area contributed by atoms with Gasteiger partial charge in [-0.1, -0.05) is 0 Å². The molecule has 0 saturated carbocycles. The summed E-state index contributed by atoms with van der Waals surface area (Å²) in [5.41, 5.74) is 7.68. The van der Waals surface area contributed by atoms with E-state index in [4.69, 9.17) is 0 Å². The van der Waals surface area contributed by atoms with E-state index >= 15 is 0 Å². The van der Waals surface area contributed by atoms with Crippen LogP contribution < -0.4 is 4.90 Å². The molecular formula is C26H21N3O3Se. The van der Waals surface area contributed by atoms with Crippen LogP contribution in [0.3, 0.4) is 0 Å². The molecule has 1 unspecified atom stereocenters. The van der Waals surface area contributed by atoms with E-state index in [-0.39, 0.29) is 20.1 Å². The van der Waals surface area contributed by atoms with Crippen molar-refractivity contribution < 1.29 is 14.4 Å². The molecule has 3 aliphatic heterocycles. The van der Waals surface area contributed by atoms with E-state index in [0.717, 1.165) is 20.7 Å². The summed E-state index contributed by atoms with van der Waals surface area (Å²) in [6.07, 6.45) is 2.52. The Kier molecular flexibility index (Phi) is 4.31. The first-order chi connectivity index (χ1) is 15.9. The second-order valence-electron chi connectivity index (χ2n) is 8.70. The summed E-state index contributed by atoms with van der Waals surface area (Å²) in [4.78, 5) is 41.8. The molecule has 0 N–H and O–H groups in total. The maximum atomic E-state index is 12.7. The Morgan fingerprint density at radius 2 is 1.61 bits per heavy atom. The van der Waals surface area contributed by atoms with Gasteiger partial charge in [0.25, 0.3) is 0 Å². The SMILES string of the molecule is CC1c2ccccc2N2c3[se]c(C=C4C(=O)N(C)C(=O)N(C)C4=O)cc3Cc3cccc1c32. The zero-order valence-corrected chi connectivity index (χ0v) is 20.2. The molecule has 6 rings (SSSR count). The average Bonchev–Trinajstić information content (AvgIpc) is 3.23. The molecule has 1 fully saturated rings. The fourth-order valence-corrected chi connectivity index (χ4v) is 7.48. The number of fused-ring (bicyclic) bond motifs is 4. The number of likely N-dealkylation sites (N-methyl/N-ethyl adjacent to an activating group) is 2.